The topological polar surface area (TPSA) is 3.24 Å². The largest absolute Gasteiger partial charge is 0.297 e. The van der Waals surface area contributed by atoms with Crippen molar-refractivity contribution in [3.63, 3.8) is 0 Å². The predicted molar refractivity (Wildman–Crippen MR) is 78.6 cm³/mol. The average molecular weight is 331 g/mol. The normalized spacial score (nSPS) is 11.1. The first kappa shape index (κ1) is 13.1. The molecule has 4 heteroatoms. The highest BCUT2D eigenvalue weighted by Gasteiger charge is 2.04. The molecule has 0 aliphatic heterocycles. The molecule has 0 amide bonds. The van der Waals surface area contributed by atoms with Crippen LogP contribution in [0.1, 0.15) is 10.4 Å². The number of hydrogen-bond donors (Lipinski definition) is 0. The molecule has 0 atom stereocenters. The summed E-state index contributed by atoms with van der Waals surface area (Å²) in [7, 11) is 2.12. The second kappa shape index (κ2) is 6.01. The van der Waals surface area contributed by atoms with E-state index in [4.69, 9.17) is 11.6 Å². The quantitative estimate of drug-likeness (QED) is 0.778. The Balaban J connectivity index is 1.95. The van der Waals surface area contributed by atoms with Crippen LogP contribution in [0.3, 0.4) is 0 Å². The van der Waals surface area contributed by atoms with Gasteiger partial charge in [0.05, 0.1) is 4.34 Å². The van der Waals surface area contributed by atoms with Gasteiger partial charge in [0.2, 0.25) is 0 Å². The van der Waals surface area contributed by atoms with Gasteiger partial charge >= 0.3 is 0 Å². The molecule has 0 saturated heterocycles. The van der Waals surface area contributed by atoms with Gasteiger partial charge in [0.25, 0.3) is 0 Å². The number of halogens is 2. The molecule has 1 nitrogen and oxygen atoms in total. The Hall–Kier alpha value is -0.350. The molecule has 2 aromatic rings. The zero-order valence-electron chi connectivity index (χ0n) is 9.49. The van der Waals surface area contributed by atoms with E-state index in [2.05, 4.69) is 52.1 Å². The molecule has 1 aromatic carbocycles. The third kappa shape index (κ3) is 4.11. The monoisotopic (exact) mass is 329 g/mol. The van der Waals surface area contributed by atoms with Crippen molar-refractivity contribution in [1.82, 2.24) is 4.90 Å². The van der Waals surface area contributed by atoms with Crippen molar-refractivity contribution in [3.05, 3.63) is 55.6 Å². The first-order valence-corrected chi connectivity index (χ1v) is 7.29. The molecule has 0 unspecified atom stereocenters. The predicted octanol–water partition coefficient (Wildman–Crippen LogP) is 4.80. The maximum atomic E-state index is 5.92. The highest BCUT2D eigenvalue weighted by molar-refractivity contribution is 9.10. The van der Waals surface area contributed by atoms with E-state index in [1.165, 1.54) is 10.4 Å². The van der Waals surface area contributed by atoms with Gasteiger partial charge in [-0.05, 0) is 36.9 Å². The fourth-order valence-corrected chi connectivity index (χ4v) is 3.32. The summed E-state index contributed by atoms with van der Waals surface area (Å²) in [6.45, 7) is 1.87. The minimum Gasteiger partial charge on any atom is -0.297 e. The number of rotatable bonds is 4. The molecular weight excluding hydrogens is 318 g/mol. The SMILES string of the molecule is CN(Cc1cccc(Br)c1)Cc1ccc(Cl)s1. The van der Waals surface area contributed by atoms with Crippen LogP contribution in [0, 0.1) is 0 Å². The van der Waals surface area contributed by atoms with Gasteiger partial charge < -0.3 is 0 Å². The summed E-state index contributed by atoms with van der Waals surface area (Å²) < 4.78 is 1.98. The van der Waals surface area contributed by atoms with E-state index in [1.807, 2.05) is 12.1 Å². The average Bonchev–Trinajstić information content (AvgIpc) is 2.63. The molecule has 17 heavy (non-hydrogen) atoms. The summed E-state index contributed by atoms with van der Waals surface area (Å²) >= 11 is 11.1. The molecule has 0 bridgehead atoms. The summed E-state index contributed by atoms with van der Waals surface area (Å²) in [5.41, 5.74) is 1.31. The lowest BCUT2D eigenvalue weighted by Gasteiger charge is -2.15. The van der Waals surface area contributed by atoms with E-state index in [0.29, 0.717) is 0 Å². The maximum absolute atomic E-state index is 5.92. The van der Waals surface area contributed by atoms with Crippen LogP contribution in [0.25, 0.3) is 0 Å². The Kier molecular flexibility index (Phi) is 4.62. The highest BCUT2D eigenvalue weighted by Crippen LogP contribution is 2.23. The lowest BCUT2D eigenvalue weighted by Crippen LogP contribution is -2.16. The number of benzene rings is 1. The molecule has 90 valence electrons. The van der Waals surface area contributed by atoms with Crippen LogP contribution < -0.4 is 0 Å². The van der Waals surface area contributed by atoms with Crippen LogP contribution in [-0.4, -0.2) is 11.9 Å². The Bertz CT molecular complexity index is 498. The number of hydrogen-bond acceptors (Lipinski definition) is 2. The van der Waals surface area contributed by atoms with Crippen molar-refractivity contribution in [3.8, 4) is 0 Å². The number of nitrogens with zero attached hydrogens (tertiary/aromatic N) is 1. The van der Waals surface area contributed by atoms with Crippen LogP contribution in [0.15, 0.2) is 40.9 Å². The van der Waals surface area contributed by atoms with Gasteiger partial charge in [-0.3, -0.25) is 4.90 Å². The molecule has 0 aliphatic carbocycles. The molecule has 0 N–H and O–H groups in total. The van der Waals surface area contributed by atoms with Gasteiger partial charge in [0.15, 0.2) is 0 Å². The Labute approximate surface area is 119 Å². The summed E-state index contributed by atoms with van der Waals surface area (Å²) in [5, 5.41) is 0. The van der Waals surface area contributed by atoms with E-state index in [1.54, 1.807) is 11.3 Å². The van der Waals surface area contributed by atoms with Gasteiger partial charge in [-0.1, -0.05) is 39.7 Å². The summed E-state index contributed by atoms with van der Waals surface area (Å²) in [6.07, 6.45) is 0. The van der Waals surface area contributed by atoms with Crippen molar-refractivity contribution in [1.29, 1.82) is 0 Å². The lowest BCUT2D eigenvalue weighted by atomic mass is 10.2. The van der Waals surface area contributed by atoms with Crippen molar-refractivity contribution in [2.24, 2.45) is 0 Å². The molecule has 1 heterocycles. The molecule has 1 aromatic heterocycles. The van der Waals surface area contributed by atoms with Crippen molar-refractivity contribution in [2.45, 2.75) is 13.1 Å². The number of thiophene rings is 1. The first-order valence-electron chi connectivity index (χ1n) is 5.31. The van der Waals surface area contributed by atoms with Gasteiger partial charge in [0, 0.05) is 22.4 Å². The zero-order valence-corrected chi connectivity index (χ0v) is 12.6. The van der Waals surface area contributed by atoms with E-state index < -0.39 is 0 Å². The Morgan fingerprint density at radius 1 is 1.24 bits per heavy atom. The minimum atomic E-state index is 0.857. The Morgan fingerprint density at radius 3 is 2.71 bits per heavy atom. The highest BCUT2D eigenvalue weighted by atomic mass is 79.9. The second-order valence-electron chi connectivity index (χ2n) is 4.01. The van der Waals surface area contributed by atoms with Gasteiger partial charge in [-0.25, -0.2) is 0 Å². The third-order valence-corrected chi connectivity index (χ3v) is 4.11. The Morgan fingerprint density at radius 2 is 2.06 bits per heavy atom. The summed E-state index contributed by atoms with van der Waals surface area (Å²) in [4.78, 5) is 3.58. The van der Waals surface area contributed by atoms with Crippen molar-refractivity contribution < 1.29 is 0 Å². The van der Waals surface area contributed by atoms with E-state index in [0.717, 1.165) is 21.9 Å². The lowest BCUT2D eigenvalue weighted by molar-refractivity contribution is 0.322. The van der Waals surface area contributed by atoms with Crippen LogP contribution in [0.5, 0.6) is 0 Å². The fourth-order valence-electron chi connectivity index (χ4n) is 1.71. The molecule has 0 spiro atoms. The zero-order chi connectivity index (χ0) is 12.3. The van der Waals surface area contributed by atoms with Gasteiger partial charge in [0.1, 0.15) is 0 Å². The van der Waals surface area contributed by atoms with Crippen LogP contribution in [0.2, 0.25) is 4.34 Å². The van der Waals surface area contributed by atoms with Crippen LogP contribution in [-0.2, 0) is 13.1 Å². The molecule has 0 radical (unpaired) electrons. The second-order valence-corrected chi connectivity index (χ2v) is 6.72. The van der Waals surface area contributed by atoms with E-state index >= 15 is 0 Å². The van der Waals surface area contributed by atoms with E-state index in [9.17, 15) is 0 Å². The van der Waals surface area contributed by atoms with Crippen LogP contribution >= 0.6 is 38.9 Å². The van der Waals surface area contributed by atoms with Crippen LogP contribution in [0.4, 0.5) is 0 Å². The first-order chi connectivity index (χ1) is 8.13. The summed E-state index contributed by atoms with van der Waals surface area (Å²) in [6, 6.07) is 12.4. The minimum absolute atomic E-state index is 0.857. The fraction of sp³-hybridized carbons (Fsp3) is 0.231. The molecule has 0 saturated carbocycles. The summed E-state index contributed by atoms with van der Waals surface area (Å²) in [5.74, 6) is 0. The van der Waals surface area contributed by atoms with Crippen molar-refractivity contribution >= 4 is 38.9 Å². The van der Waals surface area contributed by atoms with Gasteiger partial charge in [-0.15, -0.1) is 11.3 Å². The van der Waals surface area contributed by atoms with E-state index in [-0.39, 0.29) is 0 Å². The molecule has 0 fully saturated rings. The van der Waals surface area contributed by atoms with Crippen molar-refractivity contribution in [2.75, 3.05) is 7.05 Å². The third-order valence-electron chi connectivity index (χ3n) is 2.40. The maximum Gasteiger partial charge on any atom is 0.0931 e. The molecular formula is C13H13BrClNS. The standard InChI is InChI=1S/C13H13BrClNS/c1-16(9-12-5-6-13(15)17-12)8-10-3-2-4-11(14)7-10/h2-7H,8-9H2,1H3. The smallest absolute Gasteiger partial charge is 0.0931 e. The van der Waals surface area contributed by atoms with Gasteiger partial charge in [-0.2, -0.15) is 0 Å². The molecule has 0 aliphatic rings. The molecule has 2 rings (SSSR count).